The fraction of sp³-hybridized carbons (Fsp3) is 0.500. The maximum Gasteiger partial charge on any atom is 0.409 e. The maximum atomic E-state index is 12.3. The Balaban J connectivity index is 1.81. The molecule has 2 rings (SSSR count). The van der Waals surface area contributed by atoms with Gasteiger partial charge in [-0.15, -0.1) is 11.8 Å². The highest BCUT2D eigenvalue weighted by Gasteiger charge is 2.23. The van der Waals surface area contributed by atoms with Crippen molar-refractivity contribution in [2.24, 2.45) is 5.92 Å². The fourth-order valence-corrected chi connectivity index (χ4v) is 3.21. The van der Waals surface area contributed by atoms with E-state index in [1.54, 1.807) is 16.7 Å². The minimum absolute atomic E-state index is 0.0275. The van der Waals surface area contributed by atoms with Gasteiger partial charge < -0.3 is 15.0 Å². The van der Waals surface area contributed by atoms with Gasteiger partial charge in [0.25, 0.3) is 5.91 Å². The van der Waals surface area contributed by atoms with E-state index in [1.165, 1.54) is 7.11 Å². The van der Waals surface area contributed by atoms with Crippen LogP contribution in [0.2, 0.25) is 0 Å². The van der Waals surface area contributed by atoms with Gasteiger partial charge in [0.05, 0.1) is 12.7 Å². The van der Waals surface area contributed by atoms with E-state index in [0.717, 1.165) is 23.3 Å². The van der Waals surface area contributed by atoms with Crippen molar-refractivity contribution in [1.29, 1.82) is 0 Å². The van der Waals surface area contributed by atoms with Crippen LogP contribution in [0.5, 0.6) is 0 Å². The van der Waals surface area contributed by atoms with Gasteiger partial charge in [-0.05, 0) is 37.1 Å². The summed E-state index contributed by atoms with van der Waals surface area (Å²) >= 11 is 1.57. The zero-order chi connectivity index (χ0) is 15.9. The van der Waals surface area contributed by atoms with Crippen LogP contribution in [-0.4, -0.2) is 49.9 Å². The lowest BCUT2D eigenvalue weighted by atomic mass is 9.97. The predicted molar refractivity (Wildman–Crippen MR) is 87.3 cm³/mol. The second kappa shape index (κ2) is 8.08. The summed E-state index contributed by atoms with van der Waals surface area (Å²) in [5.41, 5.74) is 0.724. The Kier molecular flexibility index (Phi) is 6.12. The molecule has 0 bridgehead atoms. The van der Waals surface area contributed by atoms with E-state index in [-0.39, 0.29) is 12.0 Å². The molecule has 1 aromatic rings. The van der Waals surface area contributed by atoms with Crippen molar-refractivity contribution in [1.82, 2.24) is 10.2 Å². The first kappa shape index (κ1) is 16.7. The first-order valence-corrected chi connectivity index (χ1v) is 8.62. The number of nitrogens with zero attached hydrogens (tertiary/aromatic N) is 1. The number of ether oxygens (including phenoxy) is 1. The molecule has 0 radical (unpaired) electrons. The van der Waals surface area contributed by atoms with Crippen molar-refractivity contribution in [2.45, 2.75) is 17.7 Å². The second-order valence-corrected chi connectivity index (χ2v) is 6.16. The lowest BCUT2D eigenvalue weighted by Crippen LogP contribution is -2.41. The topological polar surface area (TPSA) is 58.6 Å². The summed E-state index contributed by atoms with van der Waals surface area (Å²) in [6, 6.07) is 7.62. The molecule has 1 aliphatic heterocycles. The molecule has 120 valence electrons. The molecule has 2 amide bonds. The molecular formula is C16H22N2O3S. The Morgan fingerprint density at radius 1 is 1.32 bits per heavy atom. The Labute approximate surface area is 135 Å². The number of hydrogen-bond donors (Lipinski definition) is 1. The van der Waals surface area contributed by atoms with Crippen LogP contribution in [0.1, 0.15) is 23.2 Å². The molecule has 6 heteroatoms. The summed E-state index contributed by atoms with van der Waals surface area (Å²) < 4.78 is 4.72. The van der Waals surface area contributed by atoms with Crippen LogP contribution in [0.25, 0.3) is 0 Å². The van der Waals surface area contributed by atoms with Gasteiger partial charge in [0.15, 0.2) is 0 Å². The summed E-state index contributed by atoms with van der Waals surface area (Å²) in [6.07, 6.45) is 3.48. The molecule has 0 unspecified atom stereocenters. The minimum Gasteiger partial charge on any atom is -0.453 e. The van der Waals surface area contributed by atoms with Gasteiger partial charge in [0, 0.05) is 24.5 Å². The quantitative estimate of drug-likeness (QED) is 0.866. The molecule has 0 atom stereocenters. The Hall–Kier alpha value is -1.69. The Bertz CT molecular complexity index is 528. The first-order chi connectivity index (χ1) is 10.7. The number of rotatable bonds is 4. The van der Waals surface area contributed by atoms with E-state index in [2.05, 4.69) is 5.32 Å². The number of methoxy groups -OCH3 is 1. The molecule has 22 heavy (non-hydrogen) atoms. The van der Waals surface area contributed by atoms with Gasteiger partial charge in [-0.3, -0.25) is 4.79 Å². The number of benzene rings is 1. The summed E-state index contributed by atoms with van der Waals surface area (Å²) in [6.45, 7) is 2.03. The summed E-state index contributed by atoms with van der Waals surface area (Å²) in [4.78, 5) is 26.4. The highest BCUT2D eigenvalue weighted by Crippen LogP contribution is 2.20. The predicted octanol–water partition coefficient (Wildman–Crippen LogP) is 2.62. The Morgan fingerprint density at radius 2 is 2.00 bits per heavy atom. The number of nitrogens with one attached hydrogen (secondary N) is 1. The zero-order valence-corrected chi connectivity index (χ0v) is 13.8. The van der Waals surface area contributed by atoms with Crippen molar-refractivity contribution in [3.63, 3.8) is 0 Å². The summed E-state index contributed by atoms with van der Waals surface area (Å²) in [5.74, 6) is 0.381. The number of thioether (sulfide) groups is 1. The molecule has 1 aromatic carbocycles. The third-order valence-corrected chi connectivity index (χ3v) is 4.75. The number of amides is 2. The van der Waals surface area contributed by atoms with Crippen molar-refractivity contribution in [3.8, 4) is 0 Å². The highest BCUT2D eigenvalue weighted by atomic mass is 32.2. The van der Waals surface area contributed by atoms with E-state index in [1.807, 2.05) is 30.5 Å². The normalized spacial score (nSPS) is 15.5. The van der Waals surface area contributed by atoms with Crippen LogP contribution < -0.4 is 5.32 Å². The van der Waals surface area contributed by atoms with Gasteiger partial charge in [0.1, 0.15) is 0 Å². The number of likely N-dealkylation sites (tertiary alicyclic amines) is 1. The molecular weight excluding hydrogens is 300 g/mol. The van der Waals surface area contributed by atoms with E-state index in [0.29, 0.717) is 25.6 Å². The van der Waals surface area contributed by atoms with Crippen LogP contribution in [0.4, 0.5) is 4.79 Å². The second-order valence-electron chi connectivity index (χ2n) is 5.31. The van der Waals surface area contributed by atoms with Crippen LogP contribution in [0, 0.1) is 5.92 Å². The average Bonchev–Trinajstić information content (AvgIpc) is 2.59. The van der Waals surface area contributed by atoms with Gasteiger partial charge in [-0.25, -0.2) is 4.79 Å². The minimum atomic E-state index is -0.267. The molecule has 0 spiro atoms. The Morgan fingerprint density at radius 3 is 2.64 bits per heavy atom. The zero-order valence-electron chi connectivity index (χ0n) is 13.0. The SMILES string of the molecule is COC(=O)N1CCC(CNC(=O)c2ccccc2SC)CC1. The third-order valence-electron chi connectivity index (χ3n) is 3.95. The van der Waals surface area contributed by atoms with E-state index >= 15 is 0 Å². The molecule has 1 fully saturated rings. The van der Waals surface area contributed by atoms with Gasteiger partial charge >= 0.3 is 6.09 Å². The number of hydrogen-bond acceptors (Lipinski definition) is 4. The third kappa shape index (κ3) is 4.16. The number of carbonyl (C=O) groups is 2. The van der Waals surface area contributed by atoms with Crippen LogP contribution in [0.3, 0.4) is 0 Å². The largest absolute Gasteiger partial charge is 0.453 e. The lowest BCUT2D eigenvalue weighted by molar-refractivity contribution is 0.0911. The van der Waals surface area contributed by atoms with Crippen LogP contribution in [0.15, 0.2) is 29.2 Å². The smallest absolute Gasteiger partial charge is 0.409 e. The van der Waals surface area contributed by atoms with Gasteiger partial charge in [0.2, 0.25) is 0 Å². The average molecular weight is 322 g/mol. The van der Waals surface area contributed by atoms with Crippen molar-refractivity contribution >= 4 is 23.8 Å². The van der Waals surface area contributed by atoms with Crippen LogP contribution >= 0.6 is 11.8 Å². The van der Waals surface area contributed by atoms with E-state index < -0.39 is 0 Å². The molecule has 1 aliphatic rings. The van der Waals surface area contributed by atoms with E-state index in [4.69, 9.17) is 4.74 Å². The van der Waals surface area contributed by atoms with Gasteiger partial charge in [-0.2, -0.15) is 0 Å². The van der Waals surface area contributed by atoms with E-state index in [9.17, 15) is 9.59 Å². The van der Waals surface area contributed by atoms with Crippen LogP contribution in [-0.2, 0) is 4.74 Å². The highest BCUT2D eigenvalue weighted by molar-refractivity contribution is 7.98. The molecule has 0 aromatic heterocycles. The van der Waals surface area contributed by atoms with Crippen molar-refractivity contribution < 1.29 is 14.3 Å². The van der Waals surface area contributed by atoms with Crippen molar-refractivity contribution in [3.05, 3.63) is 29.8 Å². The molecule has 5 nitrogen and oxygen atoms in total. The lowest BCUT2D eigenvalue weighted by Gasteiger charge is -2.30. The van der Waals surface area contributed by atoms with Crippen molar-refractivity contribution in [2.75, 3.05) is 33.0 Å². The maximum absolute atomic E-state index is 12.3. The number of piperidine rings is 1. The first-order valence-electron chi connectivity index (χ1n) is 7.39. The molecule has 1 N–H and O–H groups in total. The molecule has 0 saturated carbocycles. The fourth-order valence-electron chi connectivity index (χ4n) is 2.61. The molecule has 0 aliphatic carbocycles. The molecule has 1 saturated heterocycles. The van der Waals surface area contributed by atoms with Gasteiger partial charge in [-0.1, -0.05) is 12.1 Å². The standard InChI is InChI=1S/C16H22N2O3S/c1-21-16(20)18-9-7-12(8-10-18)11-17-15(19)13-5-3-4-6-14(13)22-2/h3-6,12H,7-11H2,1-2H3,(H,17,19). The number of carbonyl (C=O) groups excluding carboxylic acids is 2. The molecule has 1 heterocycles. The monoisotopic (exact) mass is 322 g/mol. The summed E-state index contributed by atoms with van der Waals surface area (Å²) in [5, 5.41) is 3.01. The summed E-state index contributed by atoms with van der Waals surface area (Å²) in [7, 11) is 1.40.